The van der Waals surface area contributed by atoms with Crippen LogP contribution >= 0.6 is 0 Å². The zero-order valence-corrected chi connectivity index (χ0v) is 19.8. The van der Waals surface area contributed by atoms with Gasteiger partial charge in [-0.05, 0) is 97.3 Å². The van der Waals surface area contributed by atoms with E-state index in [1.54, 1.807) is 12.7 Å². The molecule has 1 aliphatic heterocycles. The minimum atomic E-state index is 0.197. The van der Waals surface area contributed by atoms with Crippen molar-refractivity contribution in [2.75, 3.05) is 13.1 Å². The van der Waals surface area contributed by atoms with E-state index in [0.717, 1.165) is 38.0 Å². The molecule has 2 aliphatic rings. The first-order chi connectivity index (χ1) is 16.7. The van der Waals surface area contributed by atoms with Gasteiger partial charge in [0.2, 0.25) is 0 Å². The molecule has 6 nitrogen and oxygen atoms in total. The van der Waals surface area contributed by atoms with Crippen molar-refractivity contribution < 1.29 is 0 Å². The number of nitrogens with zero attached hydrogens (tertiary/aromatic N) is 3. The van der Waals surface area contributed by atoms with Crippen LogP contribution in [0, 0.1) is 11.8 Å². The molecule has 1 saturated heterocycles. The van der Waals surface area contributed by atoms with Gasteiger partial charge in [-0.2, -0.15) is 0 Å². The molecule has 1 aliphatic carbocycles. The van der Waals surface area contributed by atoms with E-state index in [9.17, 15) is 0 Å². The standard InChI is InChI=1S/C28H34N6/c1-2-20(26-15-31-27-10-8-19(13-24(26)27)34-16-32-33-17-34)25-14-30-12-11-23(25)28(29)22-9-7-18-5-3-4-6-21(18)22/h3-6,8,10,13,15-17,20,22-23,25,28,30-31H,2,7,9,11-12,14,29H2,1H3. The highest BCUT2D eigenvalue weighted by atomic mass is 15.2. The van der Waals surface area contributed by atoms with Gasteiger partial charge in [0.1, 0.15) is 12.7 Å². The number of fused-ring (bicyclic) bond motifs is 2. The topological polar surface area (TPSA) is 84.5 Å². The molecule has 0 amide bonds. The van der Waals surface area contributed by atoms with Crippen LogP contribution in [-0.2, 0) is 6.42 Å². The van der Waals surface area contributed by atoms with Gasteiger partial charge in [-0.3, -0.25) is 4.57 Å². The van der Waals surface area contributed by atoms with Gasteiger partial charge in [0.25, 0.3) is 0 Å². The first kappa shape index (κ1) is 21.6. The molecule has 2 aromatic heterocycles. The molecule has 34 heavy (non-hydrogen) atoms. The summed E-state index contributed by atoms with van der Waals surface area (Å²) in [6, 6.07) is 15.7. The van der Waals surface area contributed by atoms with Crippen LogP contribution in [0.1, 0.15) is 54.7 Å². The van der Waals surface area contributed by atoms with Crippen molar-refractivity contribution in [3.63, 3.8) is 0 Å². The minimum Gasteiger partial charge on any atom is -0.361 e. The number of benzene rings is 2. The summed E-state index contributed by atoms with van der Waals surface area (Å²) < 4.78 is 1.97. The molecule has 6 rings (SSSR count). The van der Waals surface area contributed by atoms with Crippen molar-refractivity contribution in [1.82, 2.24) is 25.1 Å². The molecule has 1 fully saturated rings. The average Bonchev–Trinajstić information content (AvgIpc) is 3.64. The predicted molar refractivity (Wildman–Crippen MR) is 136 cm³/mol. The maximum atomic E-state index is 7.15. The number of hydrogen-bond donors (Lipinski definition) is 3. The summed E-state index contributed by atoms with van der Waals surface area (Å²) in [5.74, 6) is 1.94. The Morgan fingerprint density at radius 3 is 2.79 bits per heavy atom. The van der Waals surface area contributed by atoms with Crippen LogP contribution in [-0.4, -0.2) is 38.9 Å². The molecule has 4 N–H and O–H groups in total. The van der Waals surface area contributed by atoms with Crippen molar-refractivity contribution >= 4 is 10.9 Å². The highest BCUT2D eigenvalue weighted by Crippen LogP contribution is 2.45. The largest absolute Gasteiger partial charge is 0.361 e. The van der Waals surface area contributed by atoms with Gasteiger partial charge in [0.15, 0.2) is 0 Å². The summed E-state index contributed by atoms with van der Waals surface area (Å²) in [6.07, 6.45) is 10.3. The Bertz CT molecular complexity index is 1260. The fourth-order valence-electron chi connectivity index (χ4n) is 6.79. The first-order valence-corrected chi connectivity index (χ1v) is 12.7. The van der Waals surface area contributed by atoms with Gasteiger partial charge in [-0.1, -0.05) is 31.2 Å². The Kier molecular flexibility index (Phi) is 5.71. The average molecular weight is 455 g/mol. The molecule has 0 spiro atoms. The van der Waals surface area contributed by atoms with Gasteiger partial charge in [-0.15, -0.1) is 10.2 Å². The Balaban J connectivity index is 1.34. The Morgan fingerprint density at radius 1 is 1.09 bits per heavy atom. The number of H-pyrrole nitrogens is 1. The van der Waals surface area contributed by atoms with Crippen LogP contribution in [0.3, 0.4) is 0 Å². The lowest BCUT2D eigenvalue weighted by atomic mass is 9.68. The van der Waals surface area contributed by atoms with E-state index in [1.807, 2.05) is 4.57 Å². The number of hydrogen-bond acceptors (Lipinski definition) is 4. The van der Waals surface area contributed by atoms with E-state index >= 15 is 0 Å². The molecule has 0 bridgehead atoms. The summed E-state index contributed by atoms with van der Waals surface area (Å²) >= 11 is 0. The summed E-state index contributed by atoms with van der Waals surface area (Å²) in [5, 5.41) is 13.0. The maximum Gasteiger partial charge on any atom is 0.123 e. The molecule has 6 heteroatoms. The predicted octanol–water partition coefficient (Wildman–Crippen LogP) is 4.53. The zero-order valence-electron chi connectivity index (χ0n) is 19.8. The van der Waals surface area contributed by atoms with Crippen molar-refractivity contribution in [3.8, 4) is 5.69 Å². The fraction of sp³-hybridized carbons (Fsp3) is 0.429. The molecule has 3 heterocycles. The molecule has 0 saturated carbocycles. The molecule has 5 atom stereocenters. The SMILES string of the molecule is CCC(c1c[nH]c2ccc(-n3cnnc3)cc12)C1CNCCC1C(N)C1CCc2ccccc21. The van der Waals surface area contributed by atoms with Crippen LogP contribution in [0.15, 0.2) is 61.3 Å². The van der Waals surface area contributed by atoms with Gasteiger partial charge in [0.05, 0.1) is 0 Å². The Labute approximate surface area is 201 Å². The summed E-state index contributed by atoms with van der Waals surface area (Å²) in [4.78, 5) is 3.53. The minimum absolute atomic E-state index is 0.197. The van der Waals surface area contributed by atoms with Crippen LogP contribution in [0.5, 0.6) is 0 Å². The van der Waals surface area contributed by atoms with E-state index in [2.05, 4.69) is 76.1 Å². The van der Waals surface area contributed by atoms with Crippen molar-refractivity contribution in [2.24, 2.45) is 17.6 Å². The van der Waals surface area contributed by atoms with Crippen LogP contribution in [0.4, 0.5) is 0 Å². The van der Waals surface area contributed by atoms with E-state index in [-0.39, 0.29) is 6.04 Å². The number of nitrogens with one attached hydrogen (secondary N) is 2. The van der Waals surface area contributed by atoms with Crippen molar-refractivity contribution in [2.45, 2.75) is 50.5 Å². The van der Waals surface area contributed by atoms with Crippen LogP contribution in [0.2, 0.25) is 0 Å². The molecule has 176 valence electrons. The normalized spacial score (nSPS) is 24.2. The lowest BCUT2D eigenvalue weighted by molar-refractivity contribution is 0.168. The van der Waals surface area contributed by atoms with Crippen LogP contribution in [0.25, 0.3) is 16.6 Å². The zero-order chi connectivity index (χ0) is 23.1. The van der Waals surface area contributed by atoms with E-state index in [1.165, 1.54) is 34.0 Å². The third-order valence-corrected chi connectivity index (χ3v) is 8.49. The van der Waals surface area contributed by atoms with Gasteiger partial charge >= 0.3 is 0 Å². The number of aryl methyl sites for hydroxylation is 1. The summed E-state index contributed by atoms with van der Waals surface area (Å²) in [7, 11) is 0. The number of aromatic nitrogens is 4. The highest BCUT2D eigenvalue weighted by Gasteiger charge is 2.40. The number of nitrogens with two attached hydrogens (primary N) is 1. The molecular formula is C28H34N6. The monoisotopic (exact) mass is 454 g/mol. The summed E-state index contributed by atoms with van der Waals surface area (Å²) in [5.41, 5.74) is 13.8. The van der Waals surface area contributed by atoms with E-state index in [4.69, 9.17) is 5.73 Å². The molecule has 2 aromatic carbocycles. The molecular weight excluding hydrogens is 420 g/mol. The molecule has 0 radical (unpaired) electrons. The van der Waals surface area contributed by atoms with E-state index in [0.29, 0.717) is 23.7 Å². The second kappa shape index (κ2) is 9.01. The number of aromatic amines is 1. The van der Waals surface area contributed by atoms with Gasteiger partial charge in [-0.25, -0.2) is 0 Å². The van der Waals surface area contributed by atoms with Crippen LogP contribution < -0.4 is 11.1 Å². The molecule has 4 aromatic rings. The summed E-state index contributed by atoms with van der Waals surface area (Å²) in [6.45, 7) is 4.42. The smallest absolute Gasteiger partial charge is 0.123 e. The van der Waals surface area contributed by atoms with E-state index < -0.39 is 0 Å². The second-order valence-electron chi connectivity index (χ2n) is 10.1. The quantitative estimate of drug-likeness (QED) is 0.400. The third-order valence-electron chi connectivity index (χ3n) is 8.49. The second-order valence-corrected chi connectivity index (χ2v) is 10.1. The van der Waals surface area contributed by atoms with Gasteiger partial charge in [0, 0.05) is 28.8 Å². The van der Waals surface area contributed by atoms with Crippen molar-refractivity contribution in [3.05, 3.63) is 78.0 Å². The number of piperidine rings is 1. The lowest BCUT2D eigenvalue weighted by Gasteiger charge is -2.42. The maximum absolute atomic E-state index is 7.15. The van der Waals surface area contributed by atoms with Crippen molar-refractivity contribution in [1.29, 1.82) is 0 Å². The van der Waals surface area contributed by atoms with Gasteiger partial charge < -0.3 is 16.0 Å². The number of rotatable bonds is 6. The Morgan fingerprint density at radius 2 is 1.94 bits per heavy atom. The highest BCUT2D eigenvalue weighted by molar-refractivity contribution is 5.85. The third kappa shape index (κ3) is 3.65. The Hall–Kier alpha value is -2.96. The molecule has 5 unspecified atom stereocenters. The first-order valence-electron chi connectivity index (χ1n) is 12.7. The fourth-order valence-corrected chi connectivity index (χ4v) is 6.79. The lowest BCUT2D eigenvalue weighted by Crippen LogP contribution is -2.49.